The smallest absolute Gasteiger partial charge is 0.168 e. The Morgan fingerprint density at radius 3 is 2.68 bits per heavy atom. The van der Waals surface area contributed by atoms with Crippen molar-refractivity contribution in [2.75, 3.05) is 19.8 Å². The van der Waals surface area contributed by atoms with Crippen molar-refractivity contribution in [1.82, 2.24) is 4.90 Å². The van der Waals surface area contributed by atoms with Gasteiger partial charge in [-0.2, -0.15) is 0 Å². The van der Waals surface area contributed by atoms with E-state index in [1.165, 1.54) is 5.56 Å². The zero-order chi connectivity index (χ0) is 15.0. The molecule has 4 rings (SSSR count). The van der Waals surface area contributed by atoms with Crippen LogP contribution in [0.2, 0.25) is 0 Å². The topological polar surface area (TPSA) is 41.9 Å². The second-order valence-corrected chi connectivity index (χ2v) is 6.91. The number of aliphatic hydroxyl groups is 1. The summed E-state index contributed by atoms with van der Waals surface area (Å²) in [5.41, 5.74) is 1.33. The van der Waals surface area contributed by atoms with Crippen molar-refractivity contribution in [3.05, 3.63) is 35.9 Å². The molecule has 4 heteroatoms. The molecule has 0 unspecified atom stereocenters. The molecule has 0 radical (unpaired) electrons. The lowest BCUT2D eigenvalue weighted by Gasteiger charge is -2.40. The normalized spacial score (nSPS) is 34.1. The van der Waals surface area contributed by atoms with Crippen molar-refractivity contribution < 1.29 is 14.6 Å². The van der Waals surface area contributed by atoms with E-state index in [9.17, 15) is 5.11 Å². The van der Waals surface area contributed by atoms with Gasteiger partial charge in [-0.15, -0.1) is 0 Å². The standard InChI is InChI=1S/C18H25NO3/c20-13-16-10-15-11-18(21-8-9-22-18)7-6-17(15)19(16)12-14-4-2-1-3-5-14/h1-5,15-17,20H,6-13H2/t15-,16-,17+/m1/s1. The molecule has 1 spiro atoms. The molecule has 1 saturated carbocycles. The number of fused-ring (bicyclic) bond motifs is 1. The molecule has 4 nitrogen and oxygen atoms in total. The summed E-state index contributed by atoms with van der Waals surface area (Å²) in [4.78, 5) is 2.52. The molecule has 0 amide bonds. The third-order valence-electron chi connectivity index (χ3n) is 5.64. The Hall–Kier alpha value is -0.940. The average molecular weight is 303 g/mol. The summed E-state index contributed by atoms with van der Waals surface area (Å²) >= 11 is 0. The van der Waals surface area contributed by atoms with E-state index in [0.717, 1.165) is 45.4 Å². The zero-order valence-corrected chi connectivity index (χ0v) is 13.0. The van der Waals surface area contributed by atoms with Crippen LogP contribution in [0, 0.1) is 5.92 Å². The summed E-state index contributed by atoms with van der Waals surface area (Å²) in [6.07, 6.45) is 4.13. The van der Waals surface area contributed by atoms with Gasteiger partial charge < -0.3 is 14.6 Å². The lowest BCUT2D eigenvalue weighted by Crippen LogP contribution is -2.46. The molecule has 2 heterocycles. The Kier molecular flexibility index (Phi) is 3.95. The van der Waals surface area contributed by atoms with Crippen LogP contribution in [0.1, 0.15) is 31.2 Å². The first kappa shape index (κ1) is 14.6. The van der Waals surface area contributed by atoms with Crippen LogP contribution in [-0.2, 0) is 16.0 Å². The molecule has 0 bridgehead atoms. The van der Waals surface area contributed by atoms with Gasteiger partial charge in [-0.1, -0.05) is 30.3 Å². The number of aliphatic hydroxyl groups excluding tert-OH is 1. The molecular formula is C18H25NO3. The molecule has 3 fully saturated rings. The molecule has 1 aliphatic carbocycles. The molecule has 2 saturated heterocycles. The SMILES string of the molecule is OC[C@H]1C[C@@H]2CC3(CC[C@@H]2N1Cc1ccccc1)OCCO3. The number of benzene rings is 1. The van der Waals surface area contributed by atoms with Crippen molar-refractivity contribution >= 4 is 0 Å². The second-order valence-electron chi connectivity index (χ2n) is 6.91. The van der Waals surface area contributed by atoms with Crippen LogP contribution in [0.15, 0.2) is 30.3 Å². The number of hydrogen-bond acceptors (Lipinski definition) is 4. The average Bonchev–Trinajstić information content (AvgIpc) is 3.13. The fourth-order valence-electron chi connectivity index (χ4n) is 4.65. The van der Waals surface area contributed by atoms with Crippen molar-refractivity contribution in [3.8, 4) is 0 Å². The Balaban J connectivity index is 1.50. The van der Waals surface area contributed by atoms with Gasteiger partial charge in [0.2, 0.25) is 0 Å². The summed E-state index contributed by atoms with van der Waals surface area (Å²) in [5.74, 6) is 0.261. The Morgan fingerprint density at radius 1 is 1.18 bits per heavy atom. The summed E-state index contributed by atoms with van der Waals surface area (Å²) < 4.78 is 11.8. The predicted octanol–water partition coefficient (Wildman–Crippen LogP) is 2.17. The van der Waals surface area contributed by atoms with E-state index in [1.807, 2.05) is 0 Å². The maximum Gasteiger partial charge on any atom is 0.168 e. The van der Waals surface area contributed by atoms with Gasteiger partial charge in [-0.25, -0.2) is 0 Å². The summed E-state index contributed by atoms with van der Waals surface area (Å²) in [6, 6.07) is 11.4. The van der Waals surface area contributed by atoms with E-state index in [0.29, 0.717) is 12.0 Å². The molecular weight excluding hydrogens is 278 g/mol. The van der Waals surface area contributed by atoms with Gasteiger partial charge in [-0.3, -0.25) is 4.90 Å². The Bertz CT molecular complexity index is 500. The molecule has 2 aliphatic heterocycles. The highest BCUT2D eigenvalue weighted by atomic mass is 16.7. The highest BCUT2D eigenvalue weighted by Gasteiger charge is 2.51. The maximum atomic E-state index is 9.81. The Morgan fingerprint density at radius 2 is 1.95 bits per heavy atom. The zero-order valence-electron chi connectivity index (χ0n) is 13.0. The van der Waals surface area contributed by atoms with Crippen LogP contribution >= 0.6 is 0 Å². The number of nitrogens with zero attached hydrogens (tertiary/aromatic N) is 1. The molecule has 1 N–H and O–H groups in total. The number of hydrogen-bond donors (Lipinski definition) is 1. The van der Waals surface area contributed by atoms with Gasteiger partial charge in [0.1, 0.15) is 0 Å². The number of rotatable bonds is 3. The first-order valence-electron chi connectivity index (χ1n) is 8.48. The first-order valence-corrected chi connectivity index (χ1v) is 8.48. The number of likely N-dealkylation sites (tertiary alicyclic amines) is 1. The van der Waals surface area contributed by atoms with Crippen molar-refractivity contribution in [2.24, 2.45) is 5.92 Å². The lowest BCUT2D eigenvalue weighted by atomic mass is 9.80. The van der Waals surface area contributed by atoms with Crippen LogP contribution < -0.4 is 0 Å². The van der Waals surface area contributed by atoms with Gasteiger partial charge in [-0.05, 0) is 24.3 Å². The molecule has 1 aromatic rings. The minimum Gasteiger partial charge on any atom is -0.395 e. The van der Waals surface area contributed by atoms with Gasteiger partial charge in [0, 0.05) is 31.5 Å². The van der Waals surface area contributed by atoms with E-state index in [2.05, 4.69) is 35.2 Å². The highest BCUT2D eigenvalue weighted by molar-refractivity contribution is 5.16. The van der Waals surface area contributed by atoms with Crippen molar-refractivity contribution in [1.29, 1.82) is 0 Å². The van der Waals surface area contributed by atoms with E-state index >= 15 is 0 Å². The van der Waals surface area contributed by atoms with Gasteiger partial charge >= 0.3 is 0 Å². The molecule has 0 aromatic heterocycles. The van der Waals surface area contributed by atoms with Crippen molar-refractivity contribution in [2.45, 2.75) is 50.1 Å². The summed E-state index contributed by atoms with van der Waals surface area (Å²) in [6.45, 7) is 2.64. The van der Waals surface area contributed by atoms with Crippen LogP contribution in [0.4, 0.5) is 0 Å². The largest absolute Gasteiger partial charge is 0.395 e. The molecule has 3 atom stereocenters. The summed E-state index contributed by atoms with van der Waals surface area (Å²) in [7, 11) is 0. The highest BCUT2D eigenvalue weighted by Crippen LogP contribution is 2.47. The third-order valence-corrected chi connectivity index (χ3v) is 5.64. The Labute approximate surface area is 132 Å². The van der Waals surface area contributed by atoms with Crippen molar-refractivity contribution in [3.63, 3.8) is 0 Å². The first-order chi connectivity index (χ1) is 10.8. The minimum absolute atomic E-state index is 0.245. The lowest BCUT2D eigenvalue weighted by molar-refractivity contribution is -0.191. The van der Waals surface area contributed by atoms with E-state index in [-0.39, 0.29) is 18.4 Å². The minimum atomic E-state index is -0.316. The third kappa shape index (κ3) is 2.58. The summed E-state index contributed by atoms with van der Waals surface area (Å²) in [5, 5.41) is 9.81. The van der Waals surface area contributed by atoms with Gasteiger partial charge in [0.25, 0.3) is 0 Å². The fraction of sp³-hybridized carbons (Fsp3) is 0.667. The van der Waals surface area contributed by atoms with Crippen LogP contribution in [-0.4, -0.2) is 47.7 Å². The number of ether oxygens (including phenoxy) is 2. The van der Waals surface area contributed by atoms with E-state index < -0.39 is 0 Å². The van der Waals surface area contributed by atoms with Crippen LogP contribution in [0.5, 0.6) is 0 Å². The molecule has 3 aliphatic rings. The van der Waals surface area contributed by atoms with E-state index in [1.54, 1.807) is 0 Å². The molecule has 120 valence electrons. The van der Waals surface area contributed by atoms with Crippen LogP contribution in [0.3, 0.4) is 0 Å². The van der Waals surface area contributed by atoms with E-state index in [4.69, 9.17) is 9.47 Å². The monoisotopic (exact) mass is 303 g/mol. The second kappa shape index (κ2) is 5.93. The van der Waals surface area contributed by atoms with Gasteiger partial charge in [0.15, 0.2) is 5.79 Å². The van der Waals surface area contributed by atoms with Gasteiger partial charge in [0.05, 0.1) is 19.8 Å². The maximum absolute atomic E-state index is 9.81. The van der Waals surface area contributed by atoms with Crippen LogP contribution in [0.25, 0.3) is 0 Å². The fourth-order valence-corrected chi connectivity index (χ4v) is 4.65. The molecule has 22 heavy (non-hydrogen) atoms. The predicted molar refractivity (Wildman–Crippen MR) is 83.2 cm³/mol. The molecule has 1 aromatic carbocycles. The quantitative estimate of drug-likeness (QED) is 0.929.